The molecule has 138 valence electrons. The molecule has 0 saturated heterocycles. The van der Waals surface area contributed by atoms with Crippen LogP contribution in [-0.4, -0.2) is 10.8 Å². The van der Waals surface area contributed by atoms with Crippen molar-refractivity contribution in [1.82, 2.24) is 0 Å². The van der Waals surface area contributed by atoms with Gasteiger partial charge in [0.05, 0.1) is 0 Å². The van der Waals surface area contributed by atoms with Gasteiger partial charge in [-0.1, -0.05) is 115 Å². The molecule has 1 aromatic rings. The van der Waals surface area contributed by atoms with E-state index in [4.69, 9.17) is 4.74 Å². The largest absolute Gasteiger partial charge is 0.427 e. The molecule has 0 unspecified atom stereocenters. The smallest absolute Gasteiger partial charge is 0.308 e. The third-order valence-corrected chi connectivity index (χ3v) is 1.28. The van der Waals surface area contributed by atoms with Gasteiger partial charge in [-0.15, -0.1) is 0 Å². The molecule has 0 N–H and O–H groups in total. The van der Waals surface area contributed by atoms with Gasteiger partial charge in [-0.25, -0.2) is 0 Å². The van der Waals surface area contributed by atoms with Gasteiger partial charge in [0.2, 0.25) is 0 Å². The van der Waals surface area contributed by atoms with E-state index in [0.717, 1.165) is 5.50 Å². The summed E-state index contributed by atoms with van der Waals surface area (Å²) in [5, 5.41) is 0. The van der Waals surface area contributed by atoms with Crippen LogP contribution in [0, 0.1) is 19.3 Å². The first-order valence-corrected chi connectivity index (χ1v) is 12.2. The minimum atomic E-state index is -0.283. The van der Waals surface area contributed by atoms with Crippen LogP contribution >= 0.6 is 113 Å². The first-order chi connectivity index (χ1) is 8.91. The van der Waals surface area contributed by atoms with Crippen molar-refractivity contribution in [2.45, 2.75) is 21.2 Å². The van der Waals surface area contributed by atoms with Crippen LogP contribution in [0.1, 0.15) is 19.9 Å². The predicted molar refractivity (Wildman–Crippen MR) is 141 cm³/mol. The Hall–Kier alpha value is 3.51. The van der Waals surface area contributed by atoms with Crippen molar-refractivity contribution in [3.8, 4) is 5.75 Å². The van der Waals surface area contributed by atoms with E-state index in [1.165, 1.54) is 6.92 Å². The Morgan fingerprint density at radius 1 is 1.04 bits per heavy atom. The molecule has 2 radical (unpaired) electrons. The van der Waals surface area contributed by atoms with E-state index in [1.807, 2.05) is 46.6 Å². The monoisotopic (exact) mass is 960 g/mol. The SMILES string of the molecule is C.CC(=O)Oc1ccc(C)cc1.CI.IC(I)I.[CH2-]I.[CH3-].[V].[V]. The number of carbonyl (C=O) groups is 1. The van der Waals surface area contributed by atoms with E-state index >= 15 is 0 Å². The molecule has 0 bridgehead atoms. The third-order valence-electron chi connectivity index (χ3n) is 1.28. The van der Waals surface area contributed by atoms with Crippen LogP contribution in [0.15, 0.2) is 24.3 Å². The molecular weight excluding hydrogens is 937 g/mol. The fourth-order valence-corrected chi connectivity index (χ4v) is 0.772. The van der Waals surface area contributed by atoms with Crippen molar-refractivity contribution in [2.75, 3.05) is 4.93 Å². The number of ether oxygens (including phenoxy) is 1. The van der Waals surface area contributed by atoms with Crippen LogP contribution in [-0.2, 0) is 41.9 Å². The number of hydrogen-bond acceptors (Lipinski definition) is 2. The Morgan fingerprint density at radius 3 is 1.52 bits per heavy atom. The average molecular weight is 960 g/mol. The molecule has 0 aromatic heterocycles. The number of hydrogen-bond donors (Lipinski definition) is 0. The molecule has 0 aliphatic rings. The van der Waals surface area contributed by atoms with Crippen molar-refractivity contribution < 1.29 is 46.6 Å². The van der Waals surface area contributed by atoms with Crippen LogP contribution in [0.4, 0.5) is 0 Å². The molecule has 0 saturated carbocycles. The Labute approximate surface area is 235 Å². The summed E-state index contributed by atoms with van der Waals surface area (Å²) in [4.78, 5) is 15.7. The number of carbonyl (C=O) groups excluding carboxylic acids is 1. The number of halogens is 5. The van der Waals surface area contributed by atoms with Crippen molar-refractivity contribution in [1.29, 1.82) is 0 Å². The number of aryl methyl sites for hydroxylation is 1. The molecule has 0 aliphatic heterocycles. The van der Waals surface area contributed by atoms with E-state index in [2.05, 4.69) is 95.3 Å². The standard InChI is InChI=1S/C9H10O2.CHI3.CH3I.CH2I.CH4.CH3.2V/c1-7-3-5-9(6-4-7)11-8(2)10;2-1(3)4;2*1-2;;;;/h3-6H,1-2H3;1H;1H3;1H2;1H4;1H3;;/q;;;-1;;-1;;. The summed E-state index contributed by atoms with van der Waals surface area (Å²) in [6, 6.07) is 7.35. The zero-order valence-electron chi connectivity index (χ0n) is 12.7. The summed E-state index contributed by atoms with van der Waals surface area (Å²) in [7, 11) is 0. The van der Waals surface area contributed by atoms with Crippen LogP contribution in [0.3, 0.4) is 0 Å². The first-order valence-electron chi connectivity index (χ1n) is 4.73. The molecule has 1 rings (SSSR count). The number of benzene rings is 1. The van der Waals surface area contributed by atoms with E-state index in [1.54, 1.807) is 12.1 Å². The maximum absolute atomic E-state index is 10.5. The van der Waals surface area contributed by atoms with Gasteiger partial charge in [0.25, 0.3) is 0 Å². The fourth-order valence-electron chi connectivity index (χ4n) is 0.772. The molecule has 0 amide bonds. The summed E-state index contributed by atoms with van der Waals surface area (Å²) in [5.74, 6) is 0.317. The minimum Gasteiger partial charge on any atom is -0.427 e. The Bertz CT molecular complexity index is 310. The molecule has 0 aliphatic carbocycles. The van der Waals surface area contributed by atoms with Crippen LogP contribution in [0.2, 0.25) is 0 Å². The second-order valence-electron chi connectivity index (χ2n) is 2.65. The molecule has 23 heavy (non-hydrogen) atoms. The van der Waals surface area contributed by atoms with Gasteiger partial charge < -0.3 is 34.8 Å². The molecule has 1 aromatic carbocycles. The van der Waals surface area contributed by atoms with E-state index in [9.17, 15) is 4.79 Å². The van der Waals surface area contributed by atoms with Gasteiger partial charge in [0.15, 0.2) is 0 Å². The third kappa shape index (κ3) is 46.0. The normalized spacial score (nSPS) is 6.52. The zero-order chi connectivity index (χ0) is 15.8. The van der Waals surface area contributed by atoms with Crippen molar-refractivity contribution >= 4 is 119 Å². The maximum Gasteiger partial charge on any atom is 0.308 e. The molecule has 0 fully saturated rings. The maximum atomic E-state index is 10.5. The van der Waals surface area contributed by atoms with Gasteiger partial charge in [-0.2, -0.15) is 0 Å². The Kier molecular flexibility index (Phi) is 71.8. The Morgan fingerprint density at radius 2 is 1.30 bits per heavy atom. The Balaban J connectivity index is -0.0000000374. The minimum absolute atomic E-state index is 0. The van der Waals surface area contributed by atoms with E-state index in [0.29, 0.717) is 5.75 Å². The first kappa shape index (κ1) is 45.3. The molecule has 0 atom stereocenters. The fraction of sp³-hybridized carbons (Fsp3) is 0.357. The zero-order valence-corrected chi connectivity index (χ0v) is 26.3. The van der Waals surface area contributed by atoms with Gasteiger partial charge in [0.1, 0.15) is 5.69 Å². The van der Waals surface area contributed by atoms with E-state index < -0.39 is 0 Å². The number of rotatable bonds is 1. The van der Waals surface area contributed by atoms with Crippen molar-refractivity contribution in [3.63, 3.8) is 0 Å². The summed E-state index contributed by atoms with van der Waals surface area (Å²) >= 11 is 11.0. The quantitative estimate of drug-likeness (QED) is 0.0944. The van der Waals surface area contributed by atoms with Gasteiger partial charge in [-0.05, 0) is 24.0 Å². The molecular formula is C14H23I5O2V2-2. The second kappa shape index (κ2) is 36.4. The second-order valence-corrected chi connectivity index (χ2v) is 13.5. The number of esters is 1. The van der Waals surface area contributed by atoms with Gasteiger partial charge in [0, 0.05) is 44.0 Å². The van der Waals surface area contributed by atoms with Crippen LogP contribution < -0.4 is 4.74 Å². The summed E-state index contributed by atoms with van der Waals surface area (Å²) in [6.07, 6.45) is 0. The van der Waals surface area contributed by atoms with Gasteiger partial charge in [-0.3, -0.25) is 9.73 Å². The van der Waals surface area contributed by atoms with Gasteiger partial charge >= 0.3 is 5.97 Å². The summed E-state index contributed by atoms with van der Waals surface area (Å²) in [6.45, 7) is 3.37. The molecule has 9 heteroatoms. The number of alkyl halides is 4. The summed E-state index contributed by atoms with van der Waals surface area (Å²) < 4.78 is 5.57. The predicted octanol–water partition coefficient (Wildman–Crippen LogP) is 7.84. The van der Waals surface area contributed by atoms with Crippen molar-refractivity contribution in [2.24, 2.45) is 0 Å². The molecule has 0 spiro atoms. The van der Waals surface area contributed by atoms with Crippen LogP contribution in [0.25, 0.3) is 0 Å². The van der Waals surface area contributed by atoms with E-state index in [-0.39, 0.29) is 57.9 Å². The molecule has 2 nitrogen and oxygen atoms in total. The summed E-state index contributed by atoms with van der Waals surface area (Å²) in [5.41, 5.74) is 1.15. The van der Waals surface area contributed by atoms with Crippen LogP contribution in [0.5, 0.6) is 5.75 Å². The molecule has 0 heterocycles. The average Bonchev–Trinajstić information content (AvgIpc) is 2.36. The topological polar surface area (TPSA) is 26.3 Å². The van der Waals surface area contributed by atoms with Crippen molar-refractivity contribution in [3.05, 3.63) is 42.2 Å².